The van der Waals surface area contributed by atoms with Crippen molar-refractivity contribution in [2.24, 2.45) is 0 Å². The van der Waals surface area contributed by atoms with Crippen LogP contribution in [0.3, 0.4) is 0 Å². The fourth-order valence-electron chi connectivity index (χ4n) is 2.99. The molecule has 2 rings (SSSR count). The van der Waals surface area contributed by atoms with Gasteiger partial charge < -0.3 is 10.0 Å². The summed E-state index contributed by atoms with van der Waals surface area (Å²) in [5.74, 6) is -1.36. The number of hydrogen-bond donors (Lipinski definition) is 1. The maximum Gasteiger partial charge on any atom is 0.323 e. The van der Waals surface area contributed by atoms with Crippen molar-refractivity contribution in [3.63, 3.8) is 0 Å². The zero-order chi connectivity index (χ0) is 16.8. The van der Waals surface area contributed by atoms with Crippen LogP contribution < -0.4 is 0 Å². The van der Waals surface area contributed by atoms with Gasteiger partial charge in [-0.05, 0) is 42.9 Å². The van der Waals surface area contributed by atoms with E-state index in [1.165, 1.54) is 16.0 Å². The molecule has 0 aromatic heterocycles. The van der Waals surface area contributed by atoms with Gasteiger partial charge in [-0.15, -0.1) is 0 Å². The maximum absolute atomic E-state index is 12.3. The summed E-state index contributed by atoms with van der Waals surface area (Å²) in [5.41, 5.74) is 3.20. The number of rotatable bonds is 8. The summed E-state index contributed by atoms with van der Waals surface area (Å²) in [6.07, 6.45) is 4.09. The smallest absolute Gasteiger partial charge is 0.323 e. The van der Waals surface area contributed by atoms with E-state index in [0.29, 0.717) is 18.5 Å². The summed E-state index contributed by atoms with van der Waals surface area (Å²) >= 11 is 0. The number of nitrogens with zero attached hydrogens (tertiary/aromatic N) is 1. The van der Waals surface area contributed by atoms with Gasteiger partial charge in [-0.3, -0.25) is 14.4 Å². The van der Waals surface area contributed by atoms with Crippen molar-refractivity contribution >= 4 is 17.7 Å². The average molecular weight is 317 g/mol. The minimum absolute atomic E-state index is 0.0557. The van der Waals surface area contributed by atoms with E-state index in [0.717, 1.165) is 19.3 Å². The second-order valence-electron chi connectivity index (χ2n) is 5.97. The quantitative estimate of drug-likeness (QED) is 0.747. The Balaban J connectivity index is 1.92. The number of aryl methyl sites for hydroxylation is 2. The molecule has 1 aliphatic carbocycles. The molecule has 0 heterocycles. The van der Waals surface area contributed by atoms with E-state index in [1.54, 1.807) is 0 Å². The van der Waals surface area contributed by atoms with Gasteiger partial charge >= 0.3 is 5.97 Å². The number of fused-ring (bicyclic) bond motifs is 1. The minimum Gasteiger partial charge on any atom is -0.480 e. The van der Waals surface area contributed by atoms with Crippen molar-refractivity contribution < 1.29 is 19.5 Å². The molecule has 0 saturated heterocycles. The summed E-state index contributed by atoms with van der Waals surface area (Å²) < 4.78 is 0. The van der Waals surface area contributed by atoms with Crippen LogP contribution in [0.2, 0.25) is 0 Å². The molecule has 0 bridgehead atoms. The summed E-state index contributed by atoms with van der Waals surface area (Å²) in [4.78, 5) is 36.5. The highest BCUT2D eigenvalue weighted by molar-refractivity contribution is 5.98. The number of carboxylic acid groups (broad SMARTS) is 1. The second kappa shape index (κ2) is 7.90. The number of amides is 1. The van der Waals surface area contributed by atoms with Crippen LogP contribution >= 0.6 is 0 Å². The predicted molar refractivity (Wildman–Crippen MR) is 86.5 cm³/mol. The van der Waals surface area contributed by atoms with E-state index < -0.39 is 5.97 Å². The number of carbonyl (C=O) groups excluding carboxylic acids is 2. The van der Waals surface area contributed by atoms with Gasteiger partial charge in [0.2, 0.25) is 5.91 Å². The molecule has 0 saturated carbocycles. The third-order valence-corrected chi connectivity index (χ3v) is 4.16. The molecule has 5 heteroatoms. The van der Waals surface area contributed by atoms with Crippen LogP contribution in [0.4, 0.5) is 0 Å². The average Bonchev–Trinajstić information content (AvgIpc) is 2.98. The van der Waals surface area contributed by atoms with Gasteiger partial charge in [0.1, 0.15) is 6.54 Å². The van der Waals surface area contributed by atoms with Crippen LogP contribution in [0.15, 0.2) is 18.2 Å². The normalized spacial score (nSPS) is 12.7. The molecule has 0 radical (unpaired) electrons. The van der Waals surface area contributed by atoms with E-state index in [-0.39, 0.29) is 31.1 Å². The Kier molecular flexibility index (Phi) is 5.90. The lowest BCUT2D eigenvalue weighted by Gasteiger charge is -2.19. The highest BCUT2D eigenvalue weighted by Crippen LogP contribution is 2.23. The van der Waals surface area contributed by atoms with Crippen LogP contribution in [0.25, 0.3) is 0 Å². The third kappa shape index (κ3) is 4.65. The minimum atomic E-state index is -1.03. The zero-order valence-electron chi connectivity index (χ0n) is 13.5. The molecule has 0 atom stereocenters. The summed E-state index contributed by atoms with van der Waals surface area (Å²) in [5, 5.41) is 8.84. The van der Waals surface area contributed by atoms with Crippen molar-refractivity contribution in [1.82, 2.24) is 4.90 Å². The second-order valence-corrected chi connectivity index (χ2v) is 5.97. The van der Waals surface area contributed by atoms with Gasteiger partial charge in [-0.1, -0.05) is 19.1 Å². The van der Waals surface area contributed by atoms with Crippen molar-refractivity contribution in [3.8, 4) is 0 Å². The molecule has 23 heavy (non-hydrogen) atoms. The van der Waals surface area contributed by atoms with Crippen molar-refractivity contribution in [2.75, 3.05) is 13.1 Å². The fourth-order valence-corrected chi connectivity index (χ4v) is 2.99. The van der Waals surface area contributed by atoms with E-state index in [2.05, 4.69) is 0 Å². The maximum atomic E-state index is 12.3. The molecule has 0 spiro atoms. The molecule has 0 aliphatic heterocycles. The molecule has 1 aliphatic rings. The first-order valence-corrected chi connectivity index (χ1v) is 8.15. The standard InChI is InChI=1S/C18H23NO4/c1-2-10-19(12-18(22)23)17(21)9-8-16(20)15-7-6-13-4-3-5-14(13)11-15/h6-7,11H,2-5,8-10,12H2,1H3,(H,22,23). The molecule has 1 amide bonds. The number of carbonyl (C=O) groups is 3. The highest BCUT2D eigenvalue weighted by Gasteiger charge is 2.18. The third-order valence-electron chi connectivity index (χ3n) is 4.16. The van der Waals surface area contributed by atoms with E-state index >= 15 is 0 Å². The van der Waals surface area contributed by atoms with Crippen molar-refractivity contribution in [1.29, 1.82) is 0 Å². The van der Waals surface area contributed by atoms with Crippen LogP contribution in [-0.4, -0.2) is 40.8 Å². The Morgan fingerprint density at radius 2 is 1.87 bits per heavy atom. The Morgan fingerprint density at radius 1 is 1.13 bits per heavy atom. The molecule has 1 aromatic rings. The monoisotopic (exact) mass is 317 g/mol. The predicted octanol–water partition coefficient (Wildman–Crippen LogP) is 2.46. The first-order valence-electron chi connectivity index (χ1n) is 8.15. The van der Waals surface area contributed by atoms with E-state index in [4.69, 9.17) is 5.11 Å². The van der Waals surface area contributed by atoms with Crippen LogP contribution in [0, 0.1) is 0 Å². The summed E-state index contributed by atoms with van der Waals surface area (Å²) in [6, 6.07) is 5.78. The molecule has 1 aromatic carbocycles. The van der Waals surface area contributed by atoms with Gasteiger partial charge in [0.05, 0.1) is 0 Å². The van der Waals surface area contributed by atoms with E-state index in [9.17, 15) is 14.4 Å². The SMILES string of the molecule is CCCN(CC(=O)O)C(=O)CCC(=O)c1ccc2c(c1)CCC2. The van der Waals surface area contributed by atoms with Gasteiger partial charge in [-0.2, -0.15) is 0 Å². The number of Topliss-reactive ketones (excluding diaryl/α,β-unsaturated/α-hetero) is 1. The van der Waals surface area contributed by atoms with Gasteiger partial charge in [-0.25, -0.2) is 0 Å². The first-order chi connectivity index (χ1) is 11.0. The molecule has 1 N–H and O–H groups in total. The van der Waals surface area contributed by atoms with E-state index in [1.807, 2.05) is 25.1 Å². The lowest BCUT2D eigenvalue weighted by atomic mass is 10.0. The Morgan fingerprint density at radius 3 is 2.57 bits per heavy atom. The number of aliphatic carboxylic acids is 1. The summed E-state index contributed by atoms with van der Waals surface area (Å²) in [6.45, 7) is 1.98. The van der Waals surface area contributed by atoms with Crippen LogP contribution in [0.1, 0.15) is 54.1 Å². The fraction of sp³-hybridized carbons (Fsp3) is 0.500. The number of ketones is 1. The highest BCUT2D eigenvalue weighted by atomic mass is 16.4. The Labute approximate surface area is 136 Å². The molecular formula is C18H23NO4. The lowest BCUT2D eigenvalue weighted by molar-refractivity contribution is -0.144. The number of hydrogen-bond acceptors (Lipinski definition) is 3. The first kappa shape index (κ1) is 17.2. The van der Waals surface area contributed by atoms with Crippen LogP contribution in [0.5, 0.6) is 0 Å². The molecule has 0 fully saturated rings. The molecular weight excluding hydrogens is 294 g/mol. The number of benzene rings is 1. The topological polar surface area (TPSA) is 74.7 Å². The zero-order valence-corrected chi connectivity index (χ0v) is 13.5. The van der Waals surface area contributed by atoms with Crippen LogP contribution in [-0.2, 0) is 22.4 Å². The molecule has 0 unspecified atom stereocenters. The molecule has 124 valence electrons. The molecule has 5 nitrogen and oxygen atoms in total. The van der Waals surface area contributed by atoms with Crippen molar-refractivity contribution in [3.05, 3.63) is 34.9 Å². The largest absolute Gasteiger partial charge is 0.480 e. The Bertz CT molecular complexity index is 609. The van der Waals surface area contributed by atoms with Gasteiger partial charge in [0.25, 0.3) is 0 Å². The Hall–Kier alpha value is -2.17. The van der Waals surface area contributed by atoms with Gasteiger partial charge in [0.15, 0.2) is 5.78 Å². The van der Waals surface area contributed by atoms with Crippen molar-refractivity contribution in [2.45, 2.75) is 45.4 Å². The lowest BCUT2D eigenvalue weighted by Crippen LogP contribution is -2.36. The summed E-state index contributed by atoms with van der Waals surface area (Å²) in [7, 11) is 0. The number of carboxylic acids is 1. The van der Waals surface area contributed by atoms with Gasteiger partial charge in [0, 0.05) is 24.9 Å².